The lowest BCUT2D eigenvalue weighted by Gasteiger charge is -2.31. The number of carbonyl (C=O) groups excluding carboxylic acids is 2. The van der Waals surface area contributed by atoms with Crippen LogP contribution in [0.2, 0.25) is 0 Å². The van der Waals surface area contributed by atoms with Crippen molar-refractivity contribution in [1.82, 2.24) is 10.2 Å². The average Bonchev–Trinajstić information content (AvgIpc) is 2.61. The van der Waals surface area contributed by atoms with Crippen LogP contribution in [0.15, 0.2) is 18.2 Å². The summed E-state index contributed by atoms with van der Waals surface area (Å²) in [5.74, 6) is 1.48. The number of hydrogen-bond donors (Lipinski definition) is 1. The van der Waals surface area contributed by atoms with Gasteiger partial charge in [0.2, 0.25) is 11.8 Å². The predicted octanol–water partition coefficient (Wildman–Crippen LogP) is 1.62. The molecule has 1 N–H and O–H groups in total. The molecule has 0 bridgehead atoms. The maximum absolute atomic E-state index is 12.5. The predicted molar refractivity (Wildman–Crippen MR) is 91.2 cm³/mol. The first kappa shape index (κ1) is 18.1. The molecule has 0 aliphatic carbocycles. The van der Waals surface area contributed by atoms with Crippen molar-refractivity contribution < 1.29 is 19.1 Å². The molecule has 0 saturated carbocycles. The molecule has 1 heterocycles. The molecule has 1 saturated heterocycles. The minimum absolute atomic E-state index is 0.0232. The van der Waals surface area contributed by atoms with E-state index in [4.69, 9.17) is 9.47 Å². The van der Waals surface area contributed by atoms with Crippen LogP contribution in [0.25, 0.3) is 0 Å². The zero-order valence-corrected chi connectivity index (χ0v) is 14.6. The monoisotopic (exact) mass is 334 g/mol. The molecule has 0 spiro atoms. The summed E-state index contributed by atoms with van der Waals surface area (Å²) in [7, 11) is 3.16. The van der Waals surface area contributed by atoms with Crippen LogP contribution in [0.5, 0.6) is 11.5 Å². The third-order valence-electron chi connectivity index (χ3n) is 4.37. The second kappa shape index (κ2) is 8.57. The molecule has 24 heavy (non-hydrogen) atoms. The Balaban J connectivity index is 1.91. The van der Waals surface area contributed by atoms with Gasteiger partial charge in [-0.25, -0.2) is 0 Å². The van der Waals surface area contributed by atoms with Crippen LogP contribution in [0.3, 0.4) is 0 Å². The van der Waals surface area contributed by atoms with Crippen molar-refractivity contribution in [2.75, 3.05) is 33.9 Å². The van der Waals surface area contributed by atoms with Crippen LogP contribution < -0.4 is 14.8 Å². The van der Waals surface area contributed by atoms with Crippen molar-refractivity contribution >= 4 is 11.8 Å². The molecule has 1 aromatic carbocycles. The van der Waals surface area contributed by atoms with Crippen molar-refractivity contribution in [1.29, 1.82) is 0 Å². The van der Waals surface area contributed by atoms with Crippen molar-refractivity contribution in [2.24, 2.45) is 5.92 Å². The van der Waals surface area contributed by atoms with E-state index in [0.717, 1.165) is 18.4 Å². The van der Waals surface area contributed by atoms with E-state index in [1.54, 1.807) is 14.2 Å². The van der Waals surface area contributed by atoms with Crippen molar-refractivity contribution in [2.45, 2.75) is 26.2 Å². The minimum atomic E-state index is 0.0232. The number of ether oxygens (including phenoxy) is 2. The van der Waals surface area contributed by atoms with Gasteiger partial charge in [0, 0.05) is 25.6 Å². The van der Waals surface area contributed by atoms with Crippen LogP contribution in [-0.2, 0) is 16.0 Å². The van der Waals surface area contributed by atoms with Gasteiger partial charge in [0.05, 0.1) is 20.6 Å². The number of benzene rings is 1. The molecule has 0 radical (unpaired) electrons. The summed E-state index contributed by atoms with van der Waals surface area (Å²) >= 11 is 0. The SMILES string of the molecule is CCNC(=O)C1CCN(C(=O)Cc2ccc(OC)c(OC)c2)CC1. The van der Waals surface area contributed by atoms with E-state index in [2.05, 4.69) is 5.32 Å². The van der Waals surface area contributed by atoms with Crippen molar-refractivity contribution in [3.63, 3.8) is 0 Å². The molecule has 2 rings (SSSR count). The normalized spacial score (nSPS) is 15.0. The number of carbonyl (C=O) groups is 2. The van der Waals surface area contributed by atoms with E-state index in [0.29, 0.717) is 37.6 Å². The van der Waals surface area contributed by atoms with Crippen LogP contribution in [0.4, 0.5) is 0 Å². The first-order chi connectivity index (χ1) is 11.6. The fourth-order valence-electron chi connectivity index (χ4n) is 2.99. The van der Waals surface area contributed by atoms with E-state index >= 15 is 0 Å². The van der Waals surface area contributed by atoms with E-state index in [-0.39, 0.29) is 17.7 Å². The first-order valence-corrected chi connectivity index (χ1v) is 8.35. The molecule has 6 nitrogen and oxygen atoms in total. The van der Waals surface area contributed by atoms with Gasteiger partial charge in [-0.1, -0.05) is 6.07 Å². The molecule has 1 aromatic rings. The Kier molecular flexibility index (Phi) is 6.46. The Bertz CT molecular complexity index is 580. The van der Waals surface area contributed by atoms with Gasteiger partial charge in [-0.2, -0.15) is 0 Å². The summed E-state index contributed by atoms with van der Waals surface area (Å²) < 4.78 is 10.5. The Morgan fingerprint density at radius 3 is 2.42 bits per heavy atom. The summed E-state index contributed by atoms with van der Waals surface area (Å²) in [6, 6.07) is 5.52. The molecule has 1 aliphatic heterocycles. The Hall–Kier alpha value is -2.24. The molecular formula is C18H26N2O4. The van der Waals surface area contributed by atoms with Gasteiger partial charge in [0.25, 0.3) is 0 Å². The van der Waals surface area contributed by atoms with Gasteiger partial charge >= 0.3 is 0 Å². The van der Waals surface area contributed by atoms with E-state index in [1.165, 1.54) is 0 Å². The van der Waals surface area contributed by atoms with Gasteiger partial charge in [-0.3, -0.25) is 9.59 Å². The van der Waals surface area contributed by atoms with Crippen molar-refractivity contribution in [3.8, 4) is 11.5 Å². The molecule has 0 unspecified atom stereocenters. The zero-order chi connectivity index (χ0) is 17.5. The summed E-state index contributed by atoms with van der Waals surface area (Å²) in [4.78, 5) is 26.2. The standard InChI is InChI=1S/C18H26N2O4/c1-4-19-18(22)14-7-9-20(10-8-14)17(21)12-13-5-6-15(23-2)16(11-13)24-3/h5-6,11,14H,4,7-10,12H2,1-3H3,(H,19,22). The number of nitrogens with one attached hydrogen (secondary N) is 1. The lowest BCUT2D eigenvalue weighted by Crippen LogP contribution is -2.43. The lowest BCUT2D eigenvalue weighted by molar-refractivity contribution is -0.135. The van der Waals surface area contributed by atoms with E-state index < -0.39 is 0 Å². The molecule has 1 aliphatic rings. The van der Waals surface area contributed by atoms with Gasteiger partial charge in [-0.05, 0) is 37.5 Å². The summed E-state index contributed by atoms with van der Waals surface area (Å²) in [5, 5.41) is 2.85. The highest BCUT2D eigenvalue weighted by Crippen LogP contribution is 2.28. The number of rotatable bonds is 6. The lowest BCUT2D eigenvalue weighted by atomic mass is 9.95. The average molecular weight is 334 g/mol. The highest BCUT2D eigenvalue weighted by atomic mass is 16.5. The Labute approximate surface area is 143 Å². The fraction of sp³-hybridized carbons (Fsp3) is 0.556. The smallest absolute Gasteiger partial charge is 0.226 e. The molecule has 1 fully saturated rings. The number of hydrogen-bond acceptors (Lipinski definition) is 4. The summed E-state index contributed by atoms with van der Waals surface area (Å²) in [5.41, 5.74) is 0.892. The first-order valence-electron chi connectivity index (χ1n) is 8.35. The van der Waals surface area contributed by atoms with Crippen LogP contribution in [-0.4, -0.2) is 50.6 Å². The molecule has 0 atom stereocenters. The minimum Gasteiger partial charge on any atom is -0.493 e. The summed E-state index contributed by atoms with van der Waals surface area (Å²) in [6.07, 6.45) is 1.78. The van der Waals surface area contributed by atoms with Crippen LogP contribution in [0.1, 0.15) is 25.3 Å². The number of likely N-dealkylation sites (tertiary alicyclic amines) is 1. The maximum Gasteiger partial charge on any atom is 0.226 e. The maximum atomic E-state index is 12.5. The molecular weight excluding hydrogens is 308 g/mol. The molecule has 0 aromatic heterocycles. The second-order valence-electron chi connectivity index (χ2n) is 5.92. The topological polar surface area (TPSA) is 67.9 Å². The Morgan fingerprint density at radius 2 is 1.83 bits per heavy atom. The van der Waals surface area contributed by atoms with Crippen LogP contribution in [0, 0.1) is 5.92 Å². The quantitative estimate of drug-likeness (QED) is 0.858. The highest BCUT2D eigenvalue weighted by Gasteiger charge is 2.27. The summed E-state index contributed by atoms with van der Waals surface area (Å²) in [6.45, 7) is 3.83. The number of piperidine rings is 1. The molecule has 2 amide bonds. The van der Waals surface area contributed by atoms with Gasteiger partial charge in [0.15, 0.2) is 11.5 Å². The third kappa shape index (κ3) is 4.40. The second-order valence-corrected chi connectivity index (χ2v) is 5.92. The van der Waals surface area contributed by atoms with Gasteiger partial charge in [0.1, 0.15) is 0 Å². The highest BCUT2D eigenvalue weighted by molar-refractivity contribution is 5.81. The number of nitrogens with zero attached hydrogens (tertiary/aromatic N) is 1. The molecule has 132 valence electrons. The third-order valence-corrected chi connectivity index (χ3v) is 4.37. The number of methoxy groups -OCH3 is 2. The number of amides is 2. The van der Waals surface area contributed by atoms with E-state index in [9.17, 15) is 9.59 Å². The van der Waals surface area contributed by atoms with Gasteiger partial charge < -0.3 is 19.7 Å². The zero-order valence-electron chi connectivity index (χ0n) is 14.6. The van der Waals surface area contributed by atoms with Gasteiger partial charge in [-0.15, -0.1) is 0 Å². The van der Waals surface area contributed by atoms with E-state index in [1.807, 2.05) is 30.0 Å². The fourth-order valence-corrected chi connectivity index (χ4v) is 2.99. The Morgan fingerprint density at radius 1 is 1.17 bits per heavy atom. The van der Waals surface area contributed by atoms with Crippen molar-refractivity contribution in [3.05, 3.63) is 23.8 Å². The largest absolute Gasteiger partial charge is 0.493 e. The molecule has 6 heteroatoms. The van der Waals surface area contributed by atoms with Crippen LogP contribution >= 0.6 is 0 Å².